The van der Waals surface area contributed by atoms with Gasteiger partial charge in [-0.3, -0.25) is 0 Å². The molecule has 0 aliphatic rings. The Morgan fingerprint density at radius 2 is 2.22 bits per heavy atom. The lowest BCUT2D eigenvalue weighted by molar-refractivity contribution is 0.309. The van der Waals surface area contributed by atoms with E-state index in [9.17, 15) is 0 Å². The van der Waals surface area contributed by atoms with Crippen molar-refractivity contribution in [1.29, 1.82) is 0 Å². The van der Waals surface area contributed by atoms with Gasteiger partial charge in [0.1, 0.15) is 0 Å². The van der Waals surface area contributed by atoms with Crippen molar-refractivity contribution in [3.63, 3.8) is 0 Å². The summed E-state index contributed by atoms with van der Waals surface area (Å²) in [6.07, 6.45) is 3.42. The zero-order chi connectivity index (χ0) is 7.11. The van der Waals surface area contributed by atoms with Crippen LogP contribution in [0.25, 0.3) is 0 Å². The van der Waals surface area contributed by atoms with E-state index in [0.717, 1.165) is 6.42 Å². The Labute approximate surface area is 66.3 Å². The van der Waals surface area contributed by atoms with Crippen molar-refractivity contribution in [2.24, 2.45) is 0 Å². The van der Waals surface area contributed by atoms with E-state index in [1.807, 2.05) is 0 Å². The first-order chi connectivity index (χ1) is 4.27. The molecule has 9 heavy (non-hydrogen) atoms. The van der Waals surface area contributed by atoms with Gasteiger partial charge in [-0.15, -0.1) is 0 Å². The molecule has 0 saturated heterocycles. The van der Waals surface area contributed by atoms with Crippen LogP contribution in [0.15, 0.2) is 0 Å². The first-order valence-corrected chi connectivity index (χ1v) is 3.88. The fourth-order valence-electron chi connectivity index (χ4n) is 0.504. The molecule has 0 spiro atoms. The Bertz CT molecular complexity index is 85.1. The van der Waals surface area contributed by atoms with E-state index in [4.69, 9.17) is 16.3 Å². The van der Waals surface area contributed by atoms with Crippen molar-refractivity contribution in [2.45, 2.75) is 26.2 Å². The van der Waals surface area contributed by atoms with Gasteiger partial charge in [-0.1, -0.05) is 19.8 Å². The third-order valence-corrected chi connectivity index (χ3v) is 1.19. The predicted octanol–water partition coefficient (Wildman–Crippen LogP) is 2.72. The molecule has 0 radical (unpaired) electrons. The SMILES string of the molecule is CCCCCOC(=S)Cl. The number of hydrogen-bond acceptors (Lipinski definition) is 2. The van der Waals surface area contributed by atoms with Gasteiger partial charge in [-0.2, -0.15) is 0 Å². The highest BCUT2D eigenvalue weighted by Gasteiger charge is 1.88. The second-order valence-electron chi connectivity index (χ2n) is 1.79. The molecule has 0 aliphatic carbocycles. The standard InChI is InChI=1S/C6H11ClOS/c1-2-3-4-5-8-6(7)9/h2-5H2,1H3. The van der Waals surface area contributed by atoms with Crippen LogP contribution >= 0.6 is 23.8 Å². The van der Waals surface area contributed by atoms with Gasteiger partial charge in [0, 0.05) is 0 Å². The number of ether oxygens (including phenoxy) is 1. The van der Waals surface area contributed by atoms with Gasteiger partial charge in [0.15, 0.2) is 0 Å². The van der Waals surface area contributed by atoms with Crippen molar-refractivity contribution in [1.82, 2.24) is 0 Å². The molecule has 0 N–H and O–H groups in total. The molecule has 0 aromatic heterocycles. The zero-order valence-electron chi connectivity index (χ0n) is 5.52. The van der Waals surface area contributed by atoms with E-state index in [0.29, 0.717) is 6.61 Å². The topological polar surface area (TPSA) is 9.23 Å². The van der Waals surface area contributed by atoms with Gasteiger partial charge in [0.2, 0.25) is 0 Å². The van der Waals surface area contributed by atoms with Crippen LogP contribution < -0.4 is 0 Å². The Morgan fingerprint density at radius 1 is 1.56 bits per heavy atom. The second kappa shape index (κ2) is 6.30. The largest absolute Gasteiger partial charge is 0.475 e. The lowest BCUT2D eigenvalue weighted by atomic mass is 10.3. The Kier molecular flexibility index (Phi) is 6.43. The van der Waals surface area contributed by atoms with Crippen LogP contribution in [0, 0.1) is 0 Å². The molecular weight excluding hydrogens is 156 g/mol. The van der Waals surface area contributed by atoms with Crippen LogP contribution in [0.5, 0.6) is 0 Å². The molecule has 0 unspecified atom stereocenters. The van der Waals surface area contributed by atoms with Crippen molar-refractivity contribution >= 4 is 28.3 Å². The van der Waals surface area contributed by atoms with E-state index in [1.165, 1.54) is 12.8 Å². The average Bonchev–Trinajstić information content (AvgIpc) is 1.80. The molecule has 0 atom stereocenters. The third-order valence-electron chi connectivity index (χ3n) is 0.963. The molecule has 0 bridgehead atoms. The van der Waals surface area contributed by atoms with E-state index in [-0.39, 0.29) is 4.51 Å². The van der Waals surface area contributed by atoms with Crippen molar-refractivity contribution in [3.05, 3.63) is 0 Å². The first kappa shape index (κ1) is 9.18. The number of unbranched alkanes of at least 4 members (excludes halogenated alkanes) is 2. The summed E-state index contributed by atoms with van der Waals surface area (Å²) < 4.78 is 4.97. The van der Waals surface area contributed by atoms with Crippen molar-refractivity contribution in [3.8, 4) is 0 Å². The van der Waals surface area contributed by atoms with Gasteiger partial charge >= 0.3 is 0 Å². The molecule has 0 amide bonds. The number of thiocarbonyl (C=S) groups is 1. The summed E-state index contributed by atoms with van der Waals surface area (Å²) >= 11 is 9.75. The van der Waals surface area contributed by atoms with E-state index < -0.39 is 0 Å². The lowest BCUT2D eigenvalue weighted by Gasteiger charge is -1.98. The highest BCUT2D eigenvalue weighted by atomic mass is 35.5. The summed E-state index contributed by atoms with van der Waals surface area (Å²) in [5.41, 5.74) is 0. The third kappa shape index (κ3) is 8.18. The van der Waals surface area contributed by atoms with E-state index in [1.54, 1.807) is 0 Å². The van der Waals surface area contributed by atoms with Gasteiger partial charge in [-0.05, 0) is 30.2 Å². The summed E-state index contributed by atoms with van der Waals surface area (Å²) in [4.78, 5) is 0. The van der Waals surface area contributed by atoms with Gasteiger partial charge in [0.05, 0.1) is 6.61 Å². The van der Waals surface area contributed by atoms with Crippen LogP contribution in [-0.4, -0.2) is 11.1 Å². The maximum absolute atomic E-state index is 5.27. The molecule has 1 nitrogen and oxygen atoms in total. The molecule has 0 heterocycles. The summed E-state index contributed by atoms with van der Waals surface area (Å²) in [6.45, 7) is 2.80. The zero-order valence-corrected chi connectivity index (χ0v) is 7.10. The summed E-state index contributed by atoms with van der Waals surface area (Å²) in [5, 5.41) is 0. The minimum absolute atomic E-state index is 0.131. The average molecular weight is 167 g/mol. The highest BCUT2D eigenvalue weighted by Crippen LogP contribution is 1.96. The molecular formula is C6H11ClOS. The normalized spacial score (nSPS) is 9.11. The quantitative estimate of drug-likeness (QED) is 0.361. The molecule has 0 aromatic carbocycles. The fourth-order valence-corrected chi connectivity index (χ4v) is 0.665. The van der Waals surface area contributed by atoms with Crippen LogP contribution in [0.2, 0.25) is 0 Å². The van der Waals surface area contributed by atoms with Crippen LogP contribution in [-0.2, 0) is 4.74 Å². The molecule has 0 rings (SSSR count). The molecule has 54 valence electrons. The minimum atomic E-state index is 0.131. The van der Waals surface area contributed by atoms with Crippen LogP contribution in [0.1, 0.15) is 26.2 Å². The monoisotopic (exact) mass is 166 g/mol. The Morgan fingerprint density at radius 3 is 2.67 bits per heavy atom. The molecule has 0 fully saturated rings. The maximum atomic E-state index is 5.27. The Hall–Kier alpha value is 0.180. The summed E-state index contributed by atoms with van der Waals surface area (Å²) in [5.74, 6) is 0. The minimum Gasteiger partial charge on any atom is -0.475 e. The van der Waals surface area contributed by atoms with Gasteiger partial charge in [-0.25, -0.2) is 0 Å². The lowest BCUT2D eigenvalue weighted by Crippen LogP contribution is -1.95. The smallest absolute Gasteiger partial charge is 0.255 e. The fraction of sp³-hybridized carbons (Fsp3) is 0.833. The first-order valence-electron chi connectivity index (χ1n) is 3.09. The van der Waals surface area contributed by atoms with E-state index in [2.05, 4.69) is 19.1 Å². The molecule has 0 aromatic rings. The molecule has 3 heteroatoms. The van der Waals surface area contributed by atoms with Crippen molar-refractivity contribution in [2.75, 3.05) is 6.61 Å². The van der Waals surface area contributed by atoms with Crippen LogP contribution in [0.3, 0.4) is 0 Å². The molecule has 0 aliphatic heterocycles. The summed E-state index contributed by atoms with van der Waals surface area (Å²) in [6, 6.07) is 0. The number of hydrogen-bond donors (Lipinski definition) is 0. The van der Waals surface area contributed by atoms with Crippen molar-refractivity contribution < 1.29 is 4.74 Å². The van der Waals surface area contributed by atoms with Gasteiger partial charge < -0.3 is 4.74 Å². The predicted molar refractivity (Wildman–Crippen MR) is 43.9 cm³/mol. The second-order valence-corrected chi connectivity index (χ2v) is 2.73. The summed E-state index contributed by atoms with van der Waals surface area (Å²) in [7, 11) is 0. The Balaban J connectivity index is 2.83. The number of rotatable bonds is 4. The molecule has 0 saturated carbocycles. The van der Waals surface area contributed by atoms with E-state index >= 15 is 0 Å². The highest BCUT2D eigenvalue weighted by molar-refractivity contribution is 7.82. The van der Waals surface area contributed by atoms with Crippen LogP contribution in [0.4, 0.5) is 0 Å². The van der Waals surface area contributed by atoms with Gasteiger partial charge in [0.25, 0.3) is 4.51 Å². The number of halogens is 1. The maximum Gasteiger partial charge on any atom is 0.255 e.